The predicted octanol–water partition coefficient (Wildman–Crippen LogP) is 3.47. The normalized spacial score (nSPS) is 10.8. The van der Waals surface area contributed by atoms with Crippen LogP contribution in [0.2, 0.25) is 5.02 Å². The lowest BCUT2D eigenvalue weighted by Gasteiger charge is -2.15. The van der Waals surface area contributed by atoms with Crippen LogP contribution in [0.25, 0.3) is 0 Å². The van der Waals surface area contributed by atoms with Crippen LogP contribution in [-0.2, 0) is 13.6 Å². The van der Waals surface area contributed by atoms with Crippen molar-refractivity contribution in [1.29, 1.82) is 0 Å². The van der Waals surface area contributed by atoms with Gasteiger partial charge in [-0.15, -0.1) is 0 Å². The second-order valence-electron chi connectivity index (χ2n) is 6.94. The van der Waals surface area contributed by atoms with Gasteiger partial charge < -0.3 is 15.2 Å². The van der Waals surface area contributed by atoms with Crippen molar-refractivity contribution in [2.24, 2.45) is 7.05 Å². The van der Waals surface area contributed by atoms with Crippen molar-refractivity contribution in [2.75, 3.05) is 5.32 Å². The summed E-state index contributed by atoms with van der Waals surface area (Å²) in [7, 11) is 1.31. The highest BCUT2D eigenvalue weighted by molar-refractivity contribution is 7.15. The number of nitrogens with zero attached hydrogens (tertiary/aromatic N) is 4. The molecule has 2 N–H and O–H groups in total. The Bertz CT molecular complexity index is 1500. The van der Waals surface area contributed by atoms with Gasteiger partial charge in [0.1, 0.15) is 4.88 Å². The number of halogens is 2. The molecule has 0 aliphatic heterocycles. The molecule has 0 aliphatic carbocycles. The van der Waals surface area contributed by atoms with E-state index in [4.69, 9.17) is 21.4 Å². The average molecular weight is 504 g/mol. The quantitative estimate of drug-likeness (QED) is 0.392. The topological polar surface area (TPSA) is 128 Å². The first-order chi connectivity index (χ1) is 16.2. The van der Waals surface area contributed by atoms with Gasteiger partial charge in [0.05, 0.1) is 12.7 Å². The summed E-state index contributed by atoms with van der Waals surface area (Å²) < 4.78 is 22.0. The van der Waals surface area contributed by atoms with Crippen LogP contribution in [0, 0.1) is 5.82 Å². The van der Waals surface area contributed by atoms with Gasteiger partial charge in [0, 0.05) is 23.8 Å². The fourth-order valence-corrected chi connectivity index (χ4v) is 3.62. The SMILES string of the molecule is Cn1c(=O)nc(Nc2ccc(Oc3ncc(C(=O)O)s3)c(F)c2)n(Cc2ccc(Cl)cc2)c1=O. The van der Waals surface area contributed by atoms with Crippen LogP contribution in [0.4, 0.5) is 16.0 Å². The van der Waals surface area contributed by atoms with Gasteiger partial charge in [0.2, 0.25) is 5.95 Å². The molecular formula is C21H15ClFN5O5S. The summed E-state index contributed by atoms with van der Waals surface area (Å²) in [5.74, 6) is -2.22. The Balaban J connectivity index is 1.62. The molecule has 174 valence electrons. The Kier molecular flexibility index (Phi) is 6.43. The van der Waals surface area contributed by atoms with E-state index in [9.17, 15) is 18.8 Å². The van der Waals surface area contributed by atoms with Crippen molar-refractivity contribution in [3.63, 3.8) is 0 Å². The van der Waals surface area contributed by atoms with Gasteiger partial charge in [-0.3, -0.25) is 4.57 Å². The second kappa shape index (κ2) is 9.45. The fourth-order valence-electron chi connectivity index (χ4n) is 2.88. The molecule has 0 radical (unpaired) electrons. The zero-order valence-corrected chi connectivity index (χ0v) is 18.9. The number of carboxylic acid groups (broad SMARTS) is 1. The first kappa shape index (κ1) is 23.1. The standard InChI is InChI=1S/C21H15ClFN5O5S/c1-27-19(31)26-18(28(21(27)32)10-11-2-4-12(22)5-3-11)25-13-6-7-15(14(23)8-13)33-20-24-9-16(34-20)17(29)30/h2-9H,10H2,1H3,(H,29,30)(H,25,26,31). The van der Waals surface area contributed by atoms with Gasteiger partial charge in [-0.1, -0.05) is 35.1 Å². The number of hydrogen-bond acceptors (Lipinski definition) is 8. The maximum atomic E-state index is 14.6. The Morgan fingerprint density at radius 1 is 1.24 bits per heavy atom. The van der Waals surface area contributed by atoms with E-state index in [-0.39, 0.29) is 34.0 Å². The number of rotatable bonds is 7. The van der Waals surface area contributed by atoms with Crippen LogP contribution < -0.4 is 21.4 Å². The number of thiazole rings is 1. The van der Waals surface area contributed by atoms with Gasteiger partial charge in [-0.25, -0.2) is 28.3 Å². The molecule has 0 atom stereocenters. The molecule has 2 heterocycles. The Morgan fingerprint density at radius 2 is 1.97 bits per heavy atom. The predicted molar refractivity (Wildman–Crippen MR) is 123 cm³/mol. The molecule has 0 fully saturated rings. The molecule has 2 aromatic carbocycles. The van der Waals surface area contributed by atoms with Crippen molar-refractivity contribution < 1.29 is 19.0 Å². The van der Waals surface area contributed by atoms with Crippen molar-refractivity contribution in [2.45, 2.75) is 6.54 Å². The van der Waals surface area contributed by atoms with Gasteiger partial charge in [0.15, 0.2) is 11.6 Å². The Labute approximate surface area is 199 Å². The smallest absolute Gasteiger partial charge is 0.354 e. The number of carbonyl (C=O) groups is 1. The monoisotopic (exact) mass is 503 g/mol. The van der Waals surface area contributed by atoms with Crippen LogP contribution in [0.5, 0.6) is 10.9 Å². The van der Waals surface area contributed by atoms with E-state index in [1.54, 1.807) is 24.3 Å². The average Bonchev–Trinajstić information content (AvgIpc) is 3.27. The number of anilines is 2. The molecule has 0 unspecified atom stereocenters. The van der Waals surface area contributed by atoms with Crippen molar-refractivity contribution >= 4 is 40.5 Å². The molecule has 0 amide bonds. The highest BCUT2D eigenvalue weighted by Crippen LogP contribution is 2.30. The maximum absolute atomic E-state index is 14.6. The zero-order valence-electron chi connectivity index (χ0n) is 17.4. The highest BCUT2D eigenvalue weighted by atomic mass is 35.5. The molecular weight excluding hydrogens is 489 g/mol. The maximum Gasteiger partial charge on any atom is 0.354 e. The molecule has 13 heteroatoms. The molecule has 0 saturated heterocycles. The number of benzene rings is 2. The van der Waals surface area contributed by atoms with E-state index < -0.39 is 23.2 Å². The third-order valence-corrected chi connectivity index (χ3v) is 5.71. The van der Waals surface area contributed by atoms with Crippen LogP contribution in [0.15, 0.2) is 58.3 Å². The van der Waals surface area contributed by atoms with Gasteiger partial charge in [0.25, 0.3) is 5.19 Å². The molecule has 34 heavy (non-hydrogen) atoms. The van der Waals surface area contributed by atoms with Crippen LogP contribution >= 0.6 is 22.9 Å². The summed E-state index contributed by atoms with van der Waals surface area (Å²) >= 11 is 6.66. The molecule has 0 bridgehead atoms. The molecule has 0 aliphatic rings. The second-order valence-corrected chi connectivity index (χ2v) is 8.37. The lowest BCUT2D eigenvalue weighted by atomic mass is 10.2. The summed E-state index contributed by atoms with van der Waals surface area (Å²) in [6.45, 7) is 0.0824. The van der Waals surface area contributed by atoms with E-state index in [0.717, 1.165) is 33.7 Å². The number of carboxylic acids is 1. The van der Waals surface area contributed by atoms with Gasteiger partial charge in [-0.2, -0.15) is 4.98 Å². The fraction of sp³-hybridized carbons (Fsp3) is 0.0952. The number of ether oxygens (including phenoxy) is 1. The van der Waals surface area contributed by atoms with Crippen molar-refractivity contribution in [1.82, 2.24) is 19.1 Å². The third kappa shape index (κ3) is 4.97. The third-order valence-electron chi connectivity index (χ3n) is 4.60. The molecule has 4 aromatic rings. The van der Waals surface area contributed by atoms with E-state index in [1.165, 1.54) is 23.7 Å². The van der Waals surface area contributed by atoms with E-state index in [2.05, 4.69) is 15.3 Å². The minimum absolute atomic E-state index is 0.0398. The summed E-state index contributed by atoms with van der Waals surface area (Å²) in [4.78, 5) is 43.4. The minimum Gasteiger partial charge on any atom is -0.477 e. The zero-order chi connectivity index (χ0) is 24.4. The Hall–Kier alpha value is -4.03. The highest BCUT2D eigenvalue weighted by Gasteiger charge is 2.15. The van der Waals surface area contributed by atoms with E-state index >= 15 is 0 Å². The largest absolute Gasteiger partial charge is 0.477 e. The van der Waals surface area contributed by atoms with E-state index in [0.29, 0.717) is 5.02 Å². The molecule has 10 nitrogen and oxygen atoms in total. The lowest BCUT2D eigenvalue weighted by molar-refractivity contribution is 0.0702. The van der Waals surface area contributed by atoms with Crippen LogP contribution in [-0.4, -0.2) is 30.2 Å². The lowest BCUT2D eigenvalue weighted by Crippen LogP contribution is -2.41. The van der Waals surface area contributed by atoms with Crippen molar-refractivity contribution in [3.8, 4) is 10.9 Å². The van der Waals surface area contributed by atoms with Crippen LogP contribution in [0.1, 0.15) is 15.2 Å². The summed E-state index contributed by atoms with van der Waals surface area (Å²) in [5.41, 5.74) is -0.469. The molecule has 4 rings (SSSR count). The van der Waals surface area contributed by atoms with Crippen LogP contribution in [0.3, 0.4) is 0 Å². The number of nitrogens with one attached hydrogen (secondary N) is 1. The number of aromatic nitrogens is 4. The van der Waals surface area contributed by atoms with Gasteiger partial charge in [-0.05, 0) is 29.8 Å². The molecule has 0 saturated carbocycles. The van der Waals surface area contributed by atoms with E-state index in [1.807, 2.05) is 0 Å². The Morgan fingerprint density at radius 3 is 2.62 bits per heavy atom. The number of aromatic carboxylic acids is 1. The van der Waals surface area contributed by atoms with Gasteiger partial charge >= 0.3 is 17.3 Å². The number of hydrogen-bond donors (Lipinski definition) is 2. The summed E-state index contributed by atoms with van der Waals surface area (Å²) in [6, 6.07) is 10.6. The van der Waals surface area contributed by atoms with Crippen molar-refractivity contribution in [3.05, 3.63) is 90.9 Å². The first-order valence-electron chi connectivity index (χ1n) is 9.57. The summed E-state index contributed by atoms with van der Waals surface area (Å²) in [5, 5.41) is 12.2. The summed E-state index contributed by atoms with van der Waals surface area (Å²) in [6.07, 6.45) is 1.11. The minimum atomic E-state index is -1.17. The first-order valence-corrected chi connectivity index (χ1v) is 10.8. The molecule has 0 spiro atoms. The molecule has 2 aromatic heterocycles.